The second kappa shape index (κ2) is 14.5. The van der Waals surface area contributed by atoms with E-state index < -0.39 is 66.5 Å². The van der Waals surface area contributed by atoms with Gasteiger partial charge in [0.05, 0.1) is 5.56 Å². The van der Waals surface area contributed by atoms with Gasteiger partial charge in [-0.1, -0.05) is 42.5 Å². The topological polar surface area (TPSA) is 189 Å². The van der Waals surface area contributed by atoms with Crippen LogP contribution in [0.15, 0.2) is 72.8 Å². The number of aliphatic hydroxyl groups is 2. The molecule has 12 heteroatoms. The molecule has 0 saturated carbocycles. The van der Waals surface area contributed by atoms with Crippen LogP contribution in [-0.4, -0.2) is 80.6 Å². The molecule has 4 rings (SSSR count). The van der Waals surface area contributed by atoms with Crippen molar-refractivity contribution in [3.05, 3.63) is 89.5 Å². The average Bonchev–Trinajstić information content (AvgIpc) is 3.01. The summed E-state index contributed by atoms with van der Waals surface area (Å²) in [6, 6.07) is 17.3. The number of phenolic OH excluding ortho intramolecular Hbond substituents is 3. The van der Waals surface area contributed by atoms with Gasteiger partial charge in [-0.15, -0.1) is 0 Å². The largest absolute Gasteiger partial charge is 0.504 e. The Kier molecular flexibility index (Phi) is 10.6. The summed E-state index contributed by atoms with van der Waals surface area (Å²) >= 11 is 0. The summed E-state index contributed by atoms with van der Waals surface area (Å²) < 4.78 is 22.3. The molecule has 0 bridgehead atoms. The molecule has 0 amide bonds. The van der Waals surface area contributed by atoms with E-state index in [9.17, 15) is 39.9 Å². The molecule has 5 atom stereocenters. The lowest BCUT2D eigenvalue weighted by Gasteiger charge is -2.41. The zero-order chi connectivity index (χ0) is 31.8. The molecule has 1 saturated heterocycles. The smallest absolute Gasteiger partial charge is 0.338 e. The SMILES string of the molecule is CC(=O)CCc1ccc(OC2OC(COC(=O)c3cc(O)c(O)c(O)c3)C(O)C(O)C2OC(=O)/C=C/c2ccccc2)cc1. The van der Waals surface area contributed by atoms with Crippen LogP contribution in [0.2, 0.25) is 0 Å². The number of hydrogen-bond donors (Lipinski definition) is 5. The summed E-state index contributed by atoms with van der Waals surface area (Å²) in [5.41, 5.74) is 1.29. The number of aliphatic hydroxyl groups excluding tert-OH is 2. The molecule has 0 aliphatic carbocycles. The van der Waals surface area contributed by atoms with Crippen LogP contribution in [0, 0.1) is 0 Å². The van der Waals surface area contributed by atoms with Crippen LogP contribution in [0.25, 0.3) is 6.08 Å². The summed E-state index contributed by atoms with van der Waals surface area (Å²) in [5.74, 6) is -3.91. The Morgan fingerprint density at radius 2 is 1.57 bits per heavy atom. The summed E-state index contributed by atoms with van der Waals surface area (Å²) in [5, 5.41) is 50.6. The third kappa shape index (κ3) is 8.34. The first-order chi connectivity index (χ1) is 21.0. The standard InChI is InChI=1S/C32H32O12/c1-18(33)7-8-20-9-12-22(13-10-20)42-32-30(44-26(36)14-11-19-5-3-2-4-6-19)29(39)28(38)25(43-32)17-41-31(40)21-15-23(34)27(37)24(35)16-21/h2-6,9-16,25,28-30,32,34-35,37-39H,7-8,17H2,1H3/b14-11+. The second-order valence-corrected chi connectivity index (χ2v) is 10.1. The third-order valence-electron chi connectivity index (χ3n) is 6.73. The number of rotatable bonds is 11. The Bertz CT molecular complexity index is 1460. The quantitative estimate of drug-likeness (QED) is 0.122. The predicted octanol–water partition coefficient (Wildman–Crippen LogP) is 2.63. The van der Waals surface area contributed by atoms with Crippen molar-refractivity contribution < 1.29 is 58.9 Å². The number of ether oxygens (including phenoxy) is 4. The van der Waals surface area contributed by atoms with Crippen LogP contribution in [0.4, 0.5) is 0 Å². The van der Waals surface area contributed by atoms with Gasteiger partial charge in [-0.05, 0) is 54.8 Å². The van der Waals surface area contributed by atoms with E-state index in [0.717, 1.165) is 29.3 Å². The number of aromatic hydroxyl groups is 3. The number of carbonyl (C=O) groups excluding carboxylic acids is 3. The normalized spacial score (nSPS) is 21.5. The first-order valence-corrected chi connectivity index (χ1v) is 13.6. The van der Waals surface area contributed by atoms with Crippen LogP contribution in [0.5, 0.6) is 23.0 Å². The van der Waals surface area contributed by atoms with Crippen molar-refractivity contribution >= 4 is 23.8 Å². The molecule has 232 valence electrons. The van der Waals surface area contributed by atoms with Crippen LogP contribution in [-0.2, 0) is 30.2 Å². The molecule has 5 unspecified atom stereocenters. The molecule has 3 aromatic carbocycles. The van der Waals surface area contributed by atoms with E-state index >= 15 is 0 Å². The fourth-order valence-corrected chi connectivity index (χ4v) is 4.32. The van der Waals surface area contributed by atoms with Crippen LogP contribution in [0.3, 0.4) is 0 Å². The van der Waals surface area contributed by atoms with Gasteiger partial charge in [-0.3, -0.25) is 0 Å². The highest BCUT2D eigenvalue weighted by Gasteiger charge is 2.48. The zero-order valence-corrected chi connectivity index (χ0v) is 23.6. The maximum Gasteiger partial charge on any atom is 0.338 e. The van der Waals surface area contributed by atoms with Gasteiger partial charge in [0.15, 0.2) is 23.4 Å². The fraction of sp³-hybridized carbons (Fsp3) is 0.281. The lowest BCUT2D eigenvalue weighted by molar-refractivity contribution is -0.281. The molecule has 44 heavy (non-hydrogen) atoms. The van der Waals surface area contributed by atoms with E-state index in [1.54, 1.807) is 48.5 Å². The molecule has 0 radical (unpaired) electrons. The molecule has 0 aromatic heterocycles. The fourth-order valence-electron chi connectivity index (χ4n) is 4.32. The Morgan fingerprint density at radius 1 is 0.909 bits per heavy atom. The van der Waals surface area contributed by atoms with Crippen molar-refractivity contribution in [3.8, 4) is 23.0 Å². The van der Waals surface area contributed by atoms with Crippen molar-refractivity contribution in [1.82, 2.24) is 0 Å². The highest BCUT2D eigenvalue weighted by molar-refractivity contribution is 5.91. The Hall–Kier alpha value is -4.91. The van der Waals surface area contributed by atoms with E-state index in [1.165, 1.54) is 13.0 Å². The molecule has 1 heterocycles. The number of benzene rings is 3. The minimum absolute atomic E-state index is 0.0465. The first kappa shape index (κ1) is 32.0. The van der Waals surface area contributed by atoms with Crippen molar-refractivity contribution in [2.45, 2.75) is 50.5 Å². The number of esters is 2. The van der Waals surface area contributed by atoms with Crippen LogP contribution < -0.4 is 4.74 Å². The van der Waals surface area contributed by atoms with Gasteiger partial charge < -0.3 is 49.3 Å². The summed E-state index contributed by atoms with van der Waals surface area (Å²) in [6.45, 7) is 0.887. The number of Topliss-reactive ketones (excluding diaryl/α,β-unsaturated/α-hetero) is 1. The molecule has 3 aromatic rings. The molecule has 0 spiro atoms. The van der Waals surface area contributed by atoms with Gasteiger partial charge >= 0.3 is 11.9 Å². The van der Waals surface area contributed by atoms with Crippen molar-refractivity contribution in [2.75, 3.05) is 6.61 Å². The highest BCUT2D eigenvalue weighted by atomic mass is 16.7. The number of aryl methyl sites for hydroxylation is 1. The molecule has 5 N–H and O–H groups in total. The number of carbonyl (C=O) groups is 3. The van der Waals surface area contributed by atoms with E-state index in [2.05, 4.69) is 0 Å². The lowest BCUT2D eigenvalue weighted by Crippen LogP contribution is -2.61. The average molecular weight is 609 g/mol. The Morgan fingerprint density at radius 3 is 2.20 bits per heavy atom. The van der Waals surface area contributed by atoms with Crippen molar-refractivity contribution in [2.24, 2.45) is 0 Å². The van der Waals surface area contributed by atoms with E-state index in [0.29, 0.717) is 12.8 Å². The Balaban J connectivity index is 1.49. The predicted molar refractivity (Wildman–Crippen MR) is 154 cm³/mol. The number of ketones is 1. The van der Waals surface area contributed by atoms with Crippen LogP contribution in [0.1, 0.15) is 34.8 Å². The van der Waals surface area contributed by atoms with E-state index in [1.807, 2.05) is 6.07 Å². The van der Waals surface area contributed by atoms with Gasteiger partial charge in [0, 0.05) is 12.5 Å². The zero-order valence-electron chi connectivity index (χ0n) is 23.6. The maximum absolute atomic E-state index is 12.7. The summed E-state index contributed by atoms with van der Waals surface area (Å²) in [6.07, 6.45) is -4.21. The van der Waals surface area contributed by atoms with Crippen molar-refractivity contribution in [1.29, 1.82) is 0 Å². The van der Waals surface area contributed by atoms with Gasteiger partial charge in [0.25, 0.3) is 0 Å². The molecule has 1 aliphatic rings. The second-order valence-electron chi connectivity index (χ2n) is 10.1. The van der Waals surface area contributed by atoms with Gasteiger partial charge in [0.1, 0.15) is 36.5 Å². The molecular weight excluding hydrogens is 576 g/mol. The van der Waals surface area contributed by atoms with Crippen LogP contribution >= 0.6 is 0 Å². The third-order valence-corrected chi connectivity index (χ3v) is 6.73. The molecule has 12 nitrogen and oxygen atoms in total. The minimum Gasteiger partial charge on any atom is -0.504 e. The van der Waals surface area contributed by atoms with Crippen molar-refractivity contribution in [3.63, 3.8) is 0 Å². The van der Waals surface area contributed by atoms with E-state index in [4.69, 9.17) is 18.9 Å². The highest BCUT2D eigenvalue weighted by Crippen LogP contribution is 2.35. The lowest BCUT2D eigenvalue weighted by atomic mass is 9.99. The summed E-state index contributed by atoms with van der Waals surface area (Å²) in [4.78, 5) is 36.5. The minimum atomic E-state index is -1.73. The Labute approximate surface area is 252 Å². The maximum atomic E-state index is 12.7. The molecule has 1 aliphatic heterocycles. The van der Waals surface area contributed by atoms with E-state index in [-0.39, 0.29) is 17.1 Å². The molecule has 1 fully saturated rings. The van der Waals surface area contributed by atoms with Gasteiger partial charge in [-0.2, -0.15) is 0 Å². The number of hydrogen-bond acceptors (Lipinski definition) is 12. The van der Waals surface area contributed by atoms with Gasteiger partial charge in [0.2, 0.25) is 6.29 Å². The monoisotopic (exact) mass is 608 g/mol. The molecular formula is C32H32O12. The summed E-state index contributed by atoms with van der Waals surface area (Å²) in [7, 11) is 0. The van der Waals surface area contributed by atoms with Gasteiger partial charge in [-0.25, -0.2) is 9.59 Å². The number of phenols is 3. The first-order valence-electron chi connectivity index (χ1n) is 13.6.